The Morgan fingerprint density at radius 1 is 1.21 bits per heavy atom. The van der Waals surface area contributed by atoms with E-state index in [9.17, 15) is 0 Å². The van der Waals surface area contributed by atoms with E-state index in [0.717, 1.165) is 19.0 Å². The smallest absolute Gasteiger partial charge is 0.0702 e. The van der Waals surface area contributed by atoms with Crippen molar-refractivity contribution in [3.63, 3.8) is 0 Å². The van der Waals surface area contributed by atoms with Crippen LogP contribution in [0.15, 0.2) is 0 Å². The first kappa shape index (κ1) is 10.7. The maximum Gasteiger partial charge on any atom is 0.0702 e. The van der Waals surface area contributed by atoms with Gasteiger partial charge in [0.05, 0.1) is 6.10 Å². The number of ether oxygens (including phenoxy) is 1. The number of piperidine rings is 1. The minimum atomic E-state index is 0.485. The molecule has 2 fully saturated rings. The highest BCUT2D eigenvalue weighted by Crippen LogP contribution is 2.21. The molecule has 2 heterocycles. The van der Waals surface area contributed by atoms with Gasteiger partial charge in [-0.15, -0.1) is 11.6 Å². The van der Waals surface area contributed by atoms with E-state index in [1.165, 1.54) is 38.6 Å². The van der Waals surface area contributed by atoms with Crippen molar-refractivity contribution in [3.8, 4) is 0 Å². The summed E-state index contributed by atoms with van der Waals surface area (Å²) in [5.74, 6) is 0.784. The summed E-state index contributed by atoms with van der Waals surface area (Å²) in [7, 11) is 0. The molecule has 2 atom stereocenters. The number of halogens is 1. The van der Waals surface area contributed by atoms with Gasteiger partial charge in [-0.1, -0.05) is 6.42 Å². The van der Waals surface area contributed by atoms with Crippen molar-refractivity contribution < 1.29 is 4.74 Å². The van der Waals surface area contributed by atoms with Gasteiger partial charge in [0.2, 0.25) is 0 Å². The number of hydrogen-bond acceptors (Lipinski definition) is 2. The fourth-order valence-electron chi connectivity index (χ4n) is 2.52. The standard InChI is InChI=1S/C11H20ClNO/c12-8-10-4-1-2-6-13(10)9-11-5-3-7-14-11/h10-11H,1-9H2. The van der Waals surface area contributed by atoms with Crippen molar-refractivity contribution in [2.75, 3.05) is 25.6 Å². The lowest BCUT2D eigenvalue weighted by atomic mass is 10.0. The summed E-state index contributed by atoms with van der Waals surface area (Å²) in [4.78, 5) is 2.53. The quantitative estimate of drug-likeness (QED) is 0.673. The highest BCUT2D eigenvalue weighted by atomic mass is 35.5. The Balaban J connectivity index is 1.81. The summed E-state index contributed by atoms with van der Waals surface area (Å²) in [6.07, 6.45) is 6.92. The summed E-state index contributed by atoms with van der Waals surface area (Å²) >= 11 is 5.98. The van der Waals surface area contributed by atoms with Gasteiger partial charge in [-0.2, -0.15) is 0 Å². The molecule has 2 aliphatic rings. The van der Waals surface area contributed by atoms with Crippen molar-refractivity contribution in [1.29, 1.82) is 0 Å². The normalized spacial score (nSPS) is 34.9. The van der Waals surface area contributed by atoms with Gasteiger partial charge in [-0.05, 0) is 32.2 Å². The maximum absolute atomic E-state index is 5.98. The monoisotopic (exact) mass is 217 g/mol. The minimum Gasteiger partial charge on any atom is -0.377 e. The number of nitrogens with zero attached hydrogens (tertiary/aromatic N) is 1. The molecule has 0 aliphatic carbocycles. The van der Waals surface area contributed by atoms with E-state index >= 15 is 0 Å². The first-order chi connectivity index (χ1) is 6.90. The molecule has 0 aromatic heterocycles. The number of hydrogen-bond donors (Lipinski definition) is 0. The Labute approximate surface area is 91.6 Å². The number of alkyl halides is 1. The molecule has 0 N–H and O–H groups in total. The lowest BCUT2D eigenvalue weighted by Crippen LogP contribution is -2.44. The van der Waals surface area contributed by atoms with Crippen molar-refractivity contribution in [2.24, 2.45) is 0 Å². The van der Waals surface area contributed by atoms with Crippen LogP contribution in [0.1, 0.15) is 32.1 Å². The molecule has 2 nitrogen and oxygen atoms in total. The molecule has 0 amide bonds. The Morgan fingerprint density at radius 2 is 2.14 bits per heavy atom. The van der Waals surface area contributed by atoms with Gasteiger partial charge < -0.3 is 4.74 Å². The first-order valence-corrected chi connectivity index (χ1v) is 6.35. The molecule has 2 unspecified atom stereocenters. The molecule has 2 saturated heterocycles. The van der Waals surface area contributed by atoms with E-state index < -0.39 is 0 Å². The Bertz CT molecular complexity index is 171. The second-order valence-electron chi connectivity index (χ2n) is 4.43. The van der Waals surface area contributed by atoms with Crippen LogP contribution in [0.3, 0.4) is 0 Å². The van der Waals surface area contributed by atoms with Crippen LogP contribution >= 0.6 is 11.6 Å². The first-order valence-electron chi connectivity index (χ1n) is 5.82. The van der Waals surface area contributed by atoms with Gasteiger partial charge in [-0.3, -0.25) is 4.90 Å². The average Bonchev–Trinajstić information content (AvgIpc) is 2.71. The molecule has 0 spiro atoms. The van der Waals surface area contributed by atoms with Crippen LogP contribution in [0.2, 0.25) is 0 Å². The largest absolute Gasteiger partial charge is 0.377 e. The van der Waals surface area contributed by atoms with Crippen LogP contribution < -0.4 is 0 Å². The van der Waals surface area contributed by atoms with Gasteiger partial charge in [-0.25, -0.2) is 0 Å². The maximum atomic E-state index is 5.98. The lowest BCUT2D eigenvalue weighted by Gasteiger charge is -2.35. The van der Waals surface area contributed by atoms with Crippen molar-refractivity contribution in [2.45, 2.75) is 44.2 Å². The molecule has 82 valence electrons. The third-order valence-corrected chi connectivity index (χ3v) is 3.75. The zero-order valence-electron chi connectivity index (χ0n) is 8.75. The fourth-order valence-corrected chi connectivity index (χ4v) is 2.87. The zero-order chi connectivity index (χ0) is 9.80. The van der Waals surface area contributed by atoms with Crippen molar-refractivity contribution >= 4 is 11.6 Å². The molecule has 2 rings (SSSR count). The van der Waals surface area contributed by atoms with Gasteiger partial charge in [0.15, 0.2) is 0 Å². The SMILES string of the molecule is ClCC1CCCCN1CC1CCCO1. The molecule has 0 bridgehead atoms. The fraction of sp³-hybridized carbons (Fsp3) is 1.00. The highest BCUT2D eigenvalue weighted by molar-refractivity contribution is 6.18. The minimum absolute atomic E-state index is 0.485. The van der Waals surface area contributed by atoms with Gasteiger partial charge in [0, 0.05) is 25.1 Å². The third-order valence-electron chi connectivity index (χ3n) is 3.39. The summed E-state index contributed by atoms with van der Waals surface area (Å²) in [6.45, 7) is 3.29. The van der Waals surface area contributed by atoms with Crippen molar-refractivity contribution in [1.82, 2.24) is 4.90 Å². The second-order valence-corrected chi connectivity index (χ2v) is 4.74. The molecule has 0 aromatic rings. The van der Waals surface area contributed by atoms with E-state index in [-0.39, 0.29) is 0 Å². The van der Waals surface area contributed by atoms with Crippen LogP contribution in [0.4, 0.5) is 0 Å². The van der Waals surface area contributed by atoms with Gasteiger partial charge in [0.25, 0.3) is 0 Å². The van der Waals surface area contributed by atoms with Crippen LogP contribution in [-0.4, -0.2) is 42.6 Å². The zero-order valence-corrected chi connectivity index (χ0v) is 9.51. The van der Waals surface area contributed by atoms with Crippen LogP contribution in [0, 0.1) is 0 Å². The predicted molar refractivity (Wildman–Crippen MR) is 58.9 cm³/mol. The number of rotatable bonds is 3. The molecule has 0 aromatic carbocycles. The Kier molecular flexibility index (Phi) is 4.09. The number of likely N-dealkylation sites (tertiary alicyclic amines) is 1. The second kappa shape index (κ2) is 5.34. The molecular formula is C11H20ClNO. The summed E-state index contributed by atoms with van der Waals surface area (Å²) in [5.41, 5.74) is 0. The third kappa shape index (κ3) is 2.62. The van der Waals surface area contributed by atoms with Crippen LogP contribution in [-0.2, 0) is 4.74 Å². The predicted octanol–water partition coefficient (Wildman–Crippen LogP) is 2.26. The van der Waals surface area contributed by atoms with E-state index in [1.54, 1.807) is 0 Å². The molecular weight excluding hydrogens is 198 g/mol. The molecule has 0 saturated carbocycles. The Hall–Kier alpha value is 0.210. The van der Waals surface area contributed by atoms with E-state index in [0.29, 0.717) is 12.1 Å². The van der Waals surface area contributed by atoms with E-state index in [2.05, 4.69) is 4.90 Å². The van der Waals surface area contributed by atoms with E-state index in [4.69, 9.17) is 16.3 Å². The molecule has 2 aliphatic heterocycles. The molecule has 14 heavy (non-hydrogen) atoms. The Morgan fingerprint density at radius 3 is 2.86 bits per heavy atom. The summed E-state index contributed by atoms with van der Waals surface area (Å²) in [5, 5.41) is 0. The highest BCUT2D eigenvalue weighted by Gasteiger charge is 2.25. The van der Waals surface area contributed by atoms with Crippen molar-refractivity contribution in [3.05, 3.63) is 0 Å². The molecule has 3 heteroatoms. The van der Waals surface area contributed by atoms with Gasteiger partial charge >= 0.3 is 0 Å². The molecule has 0 radical (unpaired) electrons. The van der Waals surface area contributed by atoms with E-state index in [1.807, 2.05) is 0 Å². The van der Waals surface area contributed by atoms with Crippen LogP contribution in [0.5, 0.6) is 0 Å². The lowest BCUT2D eigenvalue weighted by molar-refractivity contribution is 0.0493. The topological polar surface area (TPSA) is 12.5 Å². The van der Waals surface area contributed by atoms with Gasteiger partial charge in [0.1, 0.15) is 0 Å². The summed E-state index contributed by atoms with van der Waals surface area (Å²) in [6, 6.07) is 0.606. The average molecular weight is 218 g/mol. The van der Waals surface area contributed by atoms with Crippen LogP contribution in [0.25, 0.3) is 0 Å². The summed E-state index contributed by atoms with van der Waals surface area (Å²) < 4.78 is 5.66.